The van der Waals surface area contributed by atoms with Crippen molar-refractivity contribution in [3.8, 4) is 0 Å². The van der Waals surface area contributed by atoms with E-state index in [0.29, 0.717) is 13.1 Å². The van der Waals surface area contributed by atoms with Crippen LogP contribution in [0.4, 0.5) is 0 Å². The molecule has 106 valence electrons. The summed E-state index contributed by atoms with van der Waals surface area (Å²) < 4.78 is 0. The van der Waals surface area contributed by atoms with Gasteiger partial charge in [-0.3, -0.25) is 9.59 Å². The normalized spacial score (nSPS) is 19.4. The molecular weight excluding hydrogens is 254 g/mol. The molecule has 0 saturated carbocycles. The molecule has 1 aliphatic carbocycles. The number of carboxylic acids is 1. The zero-order chi connectivity index (χ0) is 14.3. The number of amides is 1. The molecule has 1 aliphatic heterocycles. The third-order valence-corrected chi connectivity index (χ3v) is 4.64. The van der Waals surface area contributed by atoms with Gasteiger partial charge in [-0.2, -0.15) is 0 Å². The number of carboxylic acid groups (broad SMARTS) is 1. The van der Waals surface area contributed by atoms with Gasteiger partial charge in [0.1, 0.15) is 0 Å². The van der Waals surface area contributed by atoms with Crippen LogP contribution in [0.5, 0.6) is 0 Å². The lowest BCUT2D eigenvalue weighted by molar-refractivity contribution is -0.144. The molecule has 1 fully saturated rings. The van der Waals surface area contributed by atoms with Crippen molar-refractivity contribution in [3.05, 3.63) is 34.9 Å². The standard InChI is InChI=1S/C16H19NO3/c1-10(16(19)20)14-8-17(9-14)15(18)13-6-5-11-3-2-4-12(11)7-13/h5-7,10,14H,2-4,8-9H2,1H3,(H,19,20). The first-order chi connectivity index (χ1) is 9.56. The van der Waals surface area contributed by atoms with Crippen LogP contribution in [0, 0.1) is 11.8 Å². The highest BCUT2D eigenvalue weighted by molar-refractivity contribution is 5.95. The van der Waals surface area contributed by atoms with Crippen molar-refractivity contribution in [3.63, 3.8) is 0 Å². The molecular formula is C16H19NO3. The first-order valence-corrected chi connectivity index (χ1v) is 7.20. The molecule has 1 aromatic carbocycles. The Hall–Kier alpha value is -1.84. The van der Waals surface area contributed by atoms with E-state index in [1.807, 2.05) is 12.1 Å². The Balaban J connectivity index is 1.65. The van der Waals surface area contributed by atoms with Crippen LogP contribution in [0.3, 0.4) is 0 Å². The summed E-state index contributed by atoms with van der Waals surface area (Å²) in [5, 5.41) is 8.96. The van der Waals surface area contributed by atoms with Crippen molar-refractivity contribution in [1.29, 1.82) is 0 Å². The maximum Gasteiger partial charge on any atom is 0.306 e. The molecule has 1 unspecified atom stereocenters. The van der Waals surface area contributed by atoms with Crippen molar-refractivity contribution < 1.29 is 14.7 Å². The van der Waals surface area contributed by atoms with Gasteiger partial charge in [-0.25, -0.2) is 0 Å². The minimum Gasteiger partial charge on any atom is -0.481 e. The lowest BCUT2D eigenvalue weighted by Crippen LogP contribution is -2.53. The number of fused-ring (bicyclic) bond motifs is 1. The highest BCUT2D eigenvalue weighted by Gasteiger charge is 2.37. The SMILES string of the molecule is CC(C(=O)O)C1CN(C(=O)c2ccc3c(c2)CCC3)C1. The molecule has 0 bridgehead atoms. The predicted octanol–water partition coefficient (Wildman–Crippen LogP) is 1.97. The molecule has 1 amide bonds. The summed E-state index contributed by atoms with van der Waals surface area (Å²) in [4.78, 5) is 25.0. The number of nitrogens with zero attached hydrogens (tertiary/aromatic N) is 1. The smallest absolute Gasteiger partial charge is 0.306 e. The average Bonchev–Trinajstić information content (AvgIpc) is 2.83. The number of aliphatic carboxylic acids is 1. The molecule has 0 radical (unpaired) electrons. The Morgan fingerprint density at radius 2 is 1.95 bits per heavy atom. The molecule has 2 aliphatic rings. The Morgan fingerprint density at radius 3 is 2.65 bits per heavy atom. The second kappa shape index (κ2) is 4.93. The lowest BCUT2D eigenvalue weighted by atomic mass is 9.86. The summed E-state index contributed by atoms with van der Waals surface area (Å²) in [6, 6.07) is 5.98. The summed E-state index contributed by atoms with van der Waals surface area (Å²) >= 11 is 0. The van der Waals surface area contributed by atoms with Crippen LogP contribution in [0.1, 0.15) is 34.8 Å². The van der Waals surface area contributed by atoms with Crippen LogP contribution < -0.4 is 0 Å². The van der Waals surface area contributed by atoms with E-state index in [1.54, 1.807) is 11.8 Å². The van der Waals surface area contributed by atoms with Crippen LogP contribution in [0.15, 0.2) is 18.2 Å². The van der Waals surface area contributed by atoms with Gasteiger partial charge >= 0.3 is 5.97 Å². The van der Waals surface area contributed by atoms with Gasteiger partial charge in [0.05, 0.1) is 5.92 Å². The summed E-state index contributed by atoms with van der Waals surface area (Å²) in [6.07, 6.45) is 3.36. The van der Waals surface area contributed by atoms with E-state index < -0.39 is 5.97 Å². The van der Waals surface area contributed by atoms with Crippen LogP contribution in [-0.2, 0) is 17.6 Å². The largest absolute Gasteiger partial charge is 0.481 e. The Kier molecular flexibility index (Phi) is 3.24. The monoisotopic (exact) mass is 273 g/mol. The zero-order valence-corrected chi connectivity index (χ0v) is 11.6. The Bertz CT molecular complexity index is 561. The van der Waals surface area contributed by atoms with E-state index in [9.17, 15) is 9.59 Å². The number of carbonyl (C=O) groups is 2. The minimum absolute atomic E-state index is 0.0357. The van der Waals surface area contributed by atoms with Crippen molar-refractivity contribution in [2.24, 2.45) is 11.8 Å². The maximum absolute atomic E-state index is 12.3. The van der Waals surface area contributed by atoms with E-state index in [0.717, 1.165) is 18.4 Å². The van der Waals surface area contributed by atoms with Gasteiger partial charge in [0.2, 0.25) is 0 Å². The number of hydrogen-bond acceptors (Lipinski definition) is 2. The molecule has 1 heterocycles. The van der Waals surface area contributed by atoms with Crippen molar-refractivity contribution in [2.45, 2.75) is 26.2 Å². The first-order valence-electron chi connectivity index (χ1n) is 7.20. The summed E-state index contributed by atoms with van der Waals surface area (Å²) in [7, 11) is 0. The highest BCUT2D eigenvalue weighted by atomic mass is 16.4. The molecule has 4 nitrogen and oxygen atoms in total. The quantitative estimate of drug-likeness (QED) is 0.916. The molecule has 0 spiro atoms. The van der Waals surface area contributed by atoms with Gasteiger partial charge in [0.25, 0.3) is 5.91 Å². The van der Waals surface area contributed by atoms with E-state index in [4.69, 9.17) is 5.11 Å². The Morgan fingerprint density at radius 1 is 1.25 bits per heavy atom. The van der Waals surface area contributed by atoms with Gasteiger partial charge in [-0.05, 0) is 42.5 Å². The number of benzene rings is 1. The molecule has 20 heavy (non-hydrogen) atoms. The number of hydrogen-bond donors (Lipinski definition) is 1. The third-order valence-electron chi connectivity index (χ3n) is 4.64. The fraction of sp³-hybridized carbons (Fsp3) is 0.500. The minimum atomic E-state index is -0.778. The average molecular weight is 273 g/mol. The number of likely N-dealkylation sites (tertiary alicyclic amines) is 1. The van der Waals surface area contributed by atoms with E-state index in [2.05, 4.69) is 6.07 Å². The van der Waals surface area contributed by atoms with Crippen LogP contribution in [0.25, 0.3) is 0 Å². The topological polar surface area (TPSA) is 57.6 Å². The van der Waals surface area contributed by atoms with E-state index in [-0.39, 0.29) is 17.7 Å². The van der Waals surface area contributed by atoms with Crippen molar-refractivity contribution >= 4 is 11.9 Å². The van der Waals surface area contributed by atoms with Crippen molar-refractivity contribution in [2.75, 3.05) is 13.1 Å². The van der Waals surface area contributed by atoms with Crippen molar-refractivity contribution in [1.82, 2.24) is 4.90 Å². The Labute approximate surface area is 118 Å². The lowest BCUT2D eigenvalue weighted by Gasteiger charge is -2.41. The van der Waals surface area contributed by atoms with Gasteiger partial charge < -0.3 is 10.0 Å². The highest BCUT2D eigenvalue weighted by Crippen LogP contribution is 2.28. The van der Waals surface area contributed by atoms with Gasteiger partial charge in [0, 0.05) is 24.6 Å². The molecule has 1 aromatic rings. The summed E-state index contributed by atoms with van der Waals surface area (Å²) in [6.45, 7) is 2.83. The summed E-state index contributed by atoms with van der Waals surface area (Å²) in [5.41, 5.74) is 3.40. The fourth-order valence-electron chi connectivity index (χ4n) is 3.08. The molecule has 4 heteroatoms. The molecule has 1 atom stereocenters. The number of rotatable bonds is 3. The van der Waals surface area contributed by atoms with Gasteiger partial charge in [0.15, 0.2) is 0 Å². The number of aryl methyl sites for hydroxylation is 2. The third kappa shape index (κ3) is 2.19. The van der Waals surface area contributed by atoms with Gasteiger partial charge in [-0.15, -0.1) is 0 Å². The molecule has 0 aromatic heterocycles. The maximum atomic E-state index is 12.3. The van der Waals surface area contributed by atoms with Crippen LogP contribution in [0.2, 0.25) is 0 Å². The second-order valence-corrected chi connectivity index (χ2v) is 5.93. The molecule has 1 N–H and O–H groups in total. The zero-order valence-electron chi connectivity index (χ0n) is 11.6. The van der Waals surface area contributed by atoms with Gasteiger partial charge in [-0.1, -0.05) is 13.0 Å². The van der Waals surface area contributed by atoms with E-state index in [1.165, 1.54) is 17.5 Å². The van der Waals surface area contributed by atoms with E-state index >= 15 is 0 Å². The van der Waals surface area contributed by atoms with Crippen LogP contribution in [-0.4, -0.2) is 35.0 Å². The fourth-order valence-corrected chi connectivity index (χ4v) is 3.08. The van der Waals surface area contributed by atoms with Crippen LogP contribution >= 0.6 is 0 Å². The summed E-state index contributed by atoms with van der Waals surface area (Å²) in [5.74, 6) is -1.03. The molecule has 1 saturated heterocycles. The predicted molar refractivity (Wildman–Crippen MR) is 74.7 cm³/mol. The first kappa shape index (κ1) is 13.2. The number of carbonyl (C=O) groups excluding carboxylic acids is 1. The molecule has 3 rings (SSSR count). The second-order valence-electron chi connectivity index (χ2n) is 5.93.